The molecule has 17 heavy (non-hydrogen) atoms. The zero-order valence-electron chi connectivity index (χ0n) is 9.89. The molecule has 0 saturated heterocycles. The summed E-state index contributed by atoms with van der Waals surface area (Å²) < 4.78 is 0. The fraction of sp³-hybridized carbons (Fsp3) is 0.429. The monoisotopic (exact) mass is 323 g/mol. The standard InChI is InChI=1S/C7H15N7S2.Zn/c1-4(11-13-6(15)9-3)5(2)12-14-7(16)10-8;/h8H2,1-3H3,(H2,9,13,15)(H2,10,14,16);/q;+2/p-2. The van der Waals surface area contributed by atoms with Crippen LogP contribution in [0.3, 0.4) is 0 Å². The summed E-state index contributed by atoms with van der Waals surface area (Å²) in [6.07, 6.45) is 0. The molecule has 0 aliphatic heterocycles. The summed E-state index contributed by atoms with van der Waals surface area (Å²) in [7, 11) is 1.66. The predicted octanol–water partition coefficient (Wildman–Crippen LogP) is -0.776. The van der Waals surface area contributed by atoms with Crippen molar-refractivity contribution in [2.24, 2.45) is 26.2 Å². The average molecular weight is 325 g/mol. The SMILES string of the molecule is CNC([S-])=NN=C(C)C(C)=NN=C([S-])NN.[Zn+2]. The molecule has 0 radical (unpaired) electrons. The van der Waals surface area contributed by atoms with E-state index in [0.29, 0.717) is 16.6 Å². The van der Waals surface area contributed by atoms with Crippen molar-refractivity contribution in [2.75, 3.05) is 7.05 Å². The Balaban J connectivity index is 0. The second-order valence-electron chi connectivity index (χ2n) is 2.58. The van der Waals surface area contributed by atoms with Gasteiger partial charge in [0.15, 0.2) is 0 Å². The first-order chi connectivity index (χ1) is 7.51. The summed E-state index contributed by atoms with van der Waals surface area (Å²) in [4.78, 5) is 0. The van der Waals surface area contributed by atoms with Crippen LogP contribution >= 0.6 is 0 Å². The van der Waals surface area contributed by atoms with Gasteiger partial charge in [0.05, 0.1) is 11.4 Å². The van der Waals surface area contributed by atoms with Gasteiger partial charge in [-0.2, -0.15) is 20.4 Å². The summed E-state index contributed by atoms with van der Waals surface area (Å²) in [5.74, 6) is 5.02. The van der Waals surface area contributed by atoms with E-state index in [1.165, 1.54) is 0 Å². The molecule has 0 spiro atoms. The fourth-order valence-corrected chi connectivity index (χ4v) is 0.546. The van der Waals surface area contributed by atoms with E-state index in [2.05, 4.69) is 43.8 Å². The van der Waals surface area contributed by atoms with Crippen LogP contribution in [0.2, 0.25) is 0 Å². The summed E-state index contributed by atoms with van der Waals surface area (Å²) in [5.41, 5.74) is 3.34. The minimum Gasteiger partial charge on any atom is -0.741 e. The molecule has 0 saturated carbocycles. The molecule has 0 heterocycles. The van der Waals surface area contributed by atoms with Gasteiger partial charge < -0.3 is 36.0 Å². The van der Waals surface area contributed by atoms with Crippen LogP contribution in [0.1, 0.15) is 13.8 Å². The van der Waals surface area contributed by atoms with E-state index < -0.39 is 0 Å². The van der Waals surface area contributed by atoms with Gasteiger partial charge in [0, 0.05) is 12.2 Å². The van der Waals surface area contributed by atoms with Gasteiger partial charge in [0.25, 0.3) is 0 Å². The Morgan fingerprint density at radius 2 is 1.35 bits per heavy atom. The Hall–Kier alpha value is -0.697. The molecule has 0 aliphatic rings. The second-order valence-corrected chi connectivity index (χ2v) is 3.35. The summed E-state index contributed by atoms with van der Waals surface area (Å²) in [5, 5.41) is 18.1. The molecular weight excluding hydrogens is 312 g/mol. The first-order valence-electron chi connectivity index (χ1n) is 4.24. The van der Waals surface area contributed by atoms with Crippen LogP contribution in [0, 0.1) is 0 Å². The average Bonchev–Trinajstić information content (AvgIpc) is 2.31. The minimum atomic E-state index is 0. The largest absolute Gasteiger partial charge is 2.00 e. The van der Waals surface area contributed by atoms with Crippen molar-refractivity contribution in [3.05, 3.63) is 0 Å². The van der Waals surface area contributed by atoms with Crippen molar-refractivity contribution in [3.8, 4) is 0 Å². The van der Waals surface area contributed by atoms with Gasteiger partial charge in [0.2, 0.25) is 0 Å². The van der Waals surface area contributed by atoms with Crippen LogP contribution in [0.5, 0.6) is 0 Å². The van der Waals surface area contributed by atoms with E-state index in [1.54, 1.807) is 20.9 Å². The van der Waals surface area contributed by atoms with E-state index in [9.17, 15) is 0 Å². The van der Waals surface area contributed by atoms with Gasteiger partial charge in [-0.05, 0) is 19.0 Å². The van der Waals surface area contributed by atoms with E-state index >= 15 is 0 Å². The normalized spacial score (nSPS) is 14.1. The maximum absolute atomic E-state index is 5.02. The summed E-state index contributed by atoms with van der Waals surface area (Å²) in [6.45, 7) is 3.45. The Morgan fingerprint density at radius 3 is 1.71 bits per heavy atom. The van der Waals surface area contributed by atoms with Crippen molar-refractivity contribution in [2.45, 2.75) is 13.8 Å². The van der Waals surface area contributed by atoms with Crippen LogP contribution in [-0.2, 0) is 44.7 Å². The van der Waals surface area contributed by atoms with Crippen molar-refractivity contribution in [1.82, 2.24) is 10.7 Å². The van der Waals surface area contributed by atoms with E-state index in [0.717, 1.165) is 0 Å². The molecular formula is C7H13N7S2Zn. The Bertz CT molecular complexity index is 316. The Kier molecular flexibility index (Phi) is 11.5. The number of hydrogen-bond donors (Lipinski definition) is 3. The Morgan fingerprint density at radius 1 is 0.941 bits per heavy atom. The van der Waals surface area contributed by atoms with Gasteiger partial charge >= 0.3 is 19.5 Å². The van der Waals surface area contributed by atoms with Crippen molar-refractivity contribution < 1.29 is 19.5 Å². The molecule has 0 aromatic rings. The quantitative estimate of drug-likeness (QED) is 0.158. The van der Waals surface area contributed by atoms with Crippen LogP contribution in [0.4, 0.5) is 0 Å². The number of hydrogen-bond acceptors (Lipinski definition) is 7. The predicted molar refractivity (Wildman–Crippen MR) is 72.2 cm³/mol. The van der Waals surface area contributed by atoms with Gasteiger partial charge in [0.1, 0.15) is 0 Å². The van der Waals surface area contributed by atoms with Crippen molar-refractivity contribution in [1.29, 1.82) is 0 Å². The summed E-state index contributed by atoms with van der Waals surface area (Å²) in [6, 6.07) is 0. The topological polar surface area (TPSA) is 99.5 Å². The third kappa shape index (κ3) is 9.05. The van der Waals surface area contributed by atoms with Gasteiger partial charge in [-0.3, -0.25) is 5.84 Å². The molecule has 0 unspecified atom stereocenters. The number of amidine groups is 2. The number of hydrazine groups is 1. The van der Waals surface area contributed by atoms with E-state index in [4.69, 9.17) is 18.5 Å². The molecule has 0 aromatic heterocycles. The third-order valence-electron chi connectivity index (χ3n) is 1.44. The minimum absolute atomic E-state index is 0. The number of nitrogens with zero attached hydrogens (tertiary/aromatic N) is 4. The van der Waals surface area contributed by atoms with E-state index in [1.807, 2.05) is 0 Å². The molecule has 90 valence electrons. The van der Waals surface area contributed by atoms with Crippen molar-refractivity contribution in [3.63, 3.8) is 0 Å². The second kappa shape index (κ2) is 10.5. The molecule has 7 nitrogen and oxygen atoms in total. The molecule has 10 heteroatoms. The summed E-state index contributed by atoms with van der Waals surface area (Å²) >= 11 is 9.47. The van der Waals surface area contributed by atoms with Crippen molar-refractivity contribution >= 4 is 47.0 Å². The molecule has 0 amide bonds. The van der Waals surface area contributed by atoms with Crippen LogP contribution in [0.25, 0.3) is 0 Å². The molecule has 0 atom stereocenters. The number of rotatable bonds is 3. The van der Waals surface area contributed by atoms with Crippen LogP contribution in [0.15, 0.2) is 20.4 Å². The molecule has 0 rings (SSSR count). The number of nitrogens with two attached hydrogens (primary N) is 1. The zero-order chi connectivity index (χ0) is 12.6. The first-order valence-corrected chi connectivity index (χ1v) is 5.06. The van der Waals surface area contributed by atoms with E-state index in [-0.39, 0.29) is 24.6 Å². The third-order valence-corrected chi connectivity index (χ3v) is 1.93. The first kappa shape index (κ1) is 18.7. The van der Waals surface area contributed by atoms with Gasteiger partial charge in [-0.1, -0.05) is 0 Å². The molecule has 0 fully saturated rings. The van der Waals surface area contributed by atoms with Gasteiger partial charge in [-0.25, -0.2) is 0 Å². The molecule has 0 aromatic carbocycles. The molecule has 0 bridgehead atoms. The Labute approximate surface area is 124 Å². The maximum atomic E-state index is 5.02. The van der Waals surface area contributed by atoms with Crippen LogP contribution in [-0.4, -0.2) is 28.8 Å². The maximum Gasteiger partial charge on any atom is 2.00 e. The zero-order valence-corrected chi connectivity index (χ0v) is 14.5. The molecule has 4 N–H and O–H groups in total. The molecule has 0 aliphatic carbocycles. The number of nitrogens with one attached hydrogen (secondary N) is 2. The van der Waals surface area contributed by atoms with Gasteiger partial charge in [-0.15, -0.1) is 0 Å². The smallest absolute Gasteiger partial charge is 0.741 e. The van der Waals surface area contributed by atoms with Crippen LogP contribution < -0.4 is 16.6 Å². The fourth-order valence-electron chi connectivity index (χ4n) is 0.464.